The number of methoxy groups -OCH3 is 1. The van der Waals surface area contributed by atoms with Crippen LogP contribution in [0, 0.1) is 0 Å². The molecular formula is C22H25N5O4. The predicted octanol–water partition coefficient (Wildman–Crippen LogP) is 2.00. The Bertz CT molecular complexity index is 1160. The number of para-hydroxylation sites is 1. The molecule has 3 aromatic rings. The second kappa shape index (κ2) is 8.14. The van der Waals surface area contributed by atoms with Crippen LogP contribution in [0.1, 0.15) is 41.6 Å². The molecule has 1 fully saturated rings. The standard InChI is InChI=1S/C22H25N5O4/c1-30-13-11-26-20(23-16-7-3-2-6-15(16)21(26)28)18-8-4-9-25(18)22(29)17-14-19-27(24-17)10-5-12-31-19/h2-3,6-7,14,18H,4-5,8-13H2,1H3. The fourth-order valence-corrected chi connectivity index (χ4v) is 4.44. The van der Waals surface area contributed by atoms with Gasteiger partial charge in [0.15, 0.2) is 5.69 Å². The number of carbonyl (C=O) groups is 1. The maximum absolute atomic E-state index is 13.4. The first-order valence-corrected chi connectivity index (χ1v) is 10.7. The molecule has 0 aliphatic carbocycles. The van der Waals surface area contributed by atoms with E-state index in [4.69, 9.17) is 14.5 Å². The lowest BCUT2D eigenvalue weighted by Gasteiger charge is -2.26. The van der Waals surface area contributed by atoms with Crippen LogP contribution in [0.15, 0.2) is 35.1 Å². The summed E-state index contributed by atoms with van der Waals surface area (Å²) in [6, 6.07) is 8.74. The Morgan fingerprint density at radius 3 is 2.97 bits per heavy atom. The number of fused-ring (bicyclic) bond motifs is 2. The maximum Gasteiger partial charge on any atom is 0.275 e. The third-order valence-corrected chi connectivity index (χ3v) is 5.95. The Hall–Kier alpha value is -3.20. The molecule has 2 aliphatic rings. The summed E-state index contributed by atoms with van der Waals surface area (Å²) in [4.78, 5) is 33.2. The van der Waals surface area contributed by atoms with Crippen molar-refractivity contribution >= 4 is 16.8 Å². The molecule has 9 nitrogen and oxygen atoms in total. The quantitative estimate of drug-likeness (QED) is 0.623. The molecule has 1 atom stereocenters. The zero-order valence-corrected chi connectivity index (χ0v) is 17.5. The second-order valence-electron chi connectivity index (χ2n) is 7.89. The molecule has 1 aromatic carbocycles. The molecule has 0 radical (unpaired) electrons. The van der Waals surface area contributed by atoms with Gasteiger partial charge >= 0.3 is 0 Å². The average molecular weight is 423 g/mol. The minimum Gasteiger partial charge on any atom is -0.478 e. The molecule has 1 unspecified atom stereocenters. The second-order valence-corrected chi connectivity index (χ2v) is 7.89. The molecule has 0 bridgehead atoms. The third-order valence-electron chi connectivity index (χ3n) is 5.95. The number of aryl methyl sites for hydroxylation is 1. The first kappa shape index (κ1) is 19.7. The normalized spacial score (nSPS) is 18.2. The van der Waals surface area contributed by atoms with Crippen molar-refractivity contribution in [1.29, 1.82) is 0 Å². The van der Waals surface area contributed by atoms with Crippen molar-refractivity contribution in [3.05, 3.63) is 52.2 Å². The molecule has 0 saturated carbocycles. The van der Waals surface area contributed by atoms with E-state index in [2.05, 4.69) is 5.10 Å². The van der Waals surface area contributed by atoms with E-state index in [1.165, 1.54) is 0 Å². The summed E-state index contributed by atoms with van der Waals surface area (Å²) >= 11 is 0. The van der Waals surface area contributed by atoms with E-state index >= 15 is 0 Å². The van der Waals surface area contributed by atoms with Gasteiger partial charge in [-0.25, -0.2) is 9.67 Å². The fraction of sp³-hybridized carbons (Fsp3) is 0.455. The molecule has 4 heterocycles. The number of hydrogen-bond acceptors (Lipinski definition) is 6. The van der Waals surface area contributed by atoms with Crippen molar-refractivity contribution in [2.45, 2.75) is 38.4 Å². The Morgan fingerprint density at radius 2 is 2.13 bits per heavy atom. The fourth-order valence-electron chi connectivity index (χ4n) is 4.44. The number of nitrogens with zero attached hydrogens (tertiary/aromatic N) is 5. The molecule has 1 amide bonds. The van der Waals surface area contributed by atoms with E-state index in [-0.39, 0.29) is 17.5 Å². The van der Waals surface area contributed by atoms with Crippen LogP contribution in [0.4, 0.5) is 0 Å². The van der Waals surface area contributed by atoms with Crippen molar-refractivity contribution in [3.63, 3.8) is 0 Å². The molecule has 31 heavy (non-hydrogen) atoms. The van der Waals surface area contributed by atoms with E-state index in [0.717, 1.165) is 25.8 Å². The monoisotopic (exact) mass is 423 g/mol. The molecule has 1 saturated heterocycles. The topological polar surface area (TPSA) is 91.5 Å². The Labute approximate surface area is 179 Å². The number of ether oxygens (including phenoxy) is 2. The smallest absolute Gasteiger partial charge is 0.275 e. The lowest BCUT2D eigenvalue weighted by Crippen LogP contribution is -2.36. The summed E-state index contributed by atoms with van der Waals surface area (Å²) in [5.74, 6) is 1.08. The first-order valence-electron chi connectivity index (χ1n) is 10.7. The van der Waals surface area contributed by atoms with Crippen LogP contribution in [0.25, 0.3) is 10.9 Å². The van der Waals surface area contributed by atoms with Crippen LogP contribution < -0.4 is 10.3 Å². The molecule has 0 N–H and O–H groups in total. The van der Waals surface area contributed by atoms with Crippen LogP contribution in [-0.4, -0.2) is 57.0 Å². The van der Waals surface area contributed by atoms with Gasteiger partial charge in [-0.3, -0.25) is 14.2 Å². The highest BCUT2D eigenvalue weighted by Crippen LogP contribution is 2.33. The number of aromatic nitrogens is 4. The van der Waals surface area contributed by atoms with Crippen molar-refractivity contribution < 1.29 is 14.3 Å². The number of benzene rings is 1. The van der Waals surface area contributed by atoms with E-state index in [1.54, 1.807) is 33.4 Å². The van der Waals surface area contributed by atoms with Crippen LogP contribution in [0.5, 0.6) is 5.88 Å². The number of carbonyl (C=O) groups excluding carboxylic acids is 1. The van der Waals surface area contributed by atoms with Crippen molar-refractivity contribution in [1.82, 2.24) is 24.2 Å². The number of amides is 1. The highest BCUT2D eigenvalue weighted by atomic mass is 16.5. The van der Waals surface area contributed by atoms with Gasteiger partial charge in [0, 0.05) is 32.7 Å². The summed E-state index contributed by atoms with van der Waals surface area (Å²) in [6.07, 6.45) is 2.46. The molecule has 5 rings (SSSR count). The Kier molecular flexibility index (Phi) is 5.19. The molecule has 2 aromatic heterocycles. The summed E-state index contributed by atoms with van der Waals surface area (Å²) in [5, 5.41) is 5.02. The van der Waals surface area contributed by atoms with Gasteiger partial charge in [0.25, 0.3) is 11.5 Å². The van der Waals surface area contributed by atoms with Crippen LogP contribution in [0.3, 0.4) is 0 Å². The lowest BCUT2D eigenvalue weighted by molar-refractivity contribution is 0.0718. The number of rotatable bonds is 5. The SMILES string of the molecule is COCCn1c(C2CCCN2C(=O)c2cc3n(n2)CCCO3)nc2ccccc2c1=O. The Balaban J connectivity index is 1.54. The van der Waals surface area contributed by atoms with Gasteiger partial charge in [-0.05, 0) is 25.0 Å². The summed E-state index contributed by atoms with van der Waals surface area (Å²) in [6.45, 7) is 2.75. The minimum atomic E-state index is -0.290. The van der Waals surface area contributed by atoms with Crippen molar-refractivity contribution in [2.75, 3.05) is 26.9 Å². The van der Waals surface area contributed by atoms with Gasteiger partial charge in [-0.1, -0.05) is 12.1 Å². The number of likely N-dealkylation sites (tertiary alicyclic amines) is 1. The highest BCUT2D eigenvalue weighted by Gasteiger charge is 2.35. The largest absolute Gasteiger partial charge is 0.478 e. The molecule has 2 aliphatic heterocycles. The summed E-state index contributed by atoms with van der Waals surface area (Å²) in [7, 11) is 1.60. The van der Waals surface area contributed by atoms with Gasteiger partial charge < -0.3 is 14.4 Å². The number of hydrogen-bond donors (Lipinski definition) is 0. The molecule has 162 valence electrons. The molecule has 9 heteroatoms. The first-order chi connectivity index (χ1) is 15.2. The Morgan fingerprint density at radius 1 is 1.26 bits per heavy atom. The summed E-state index contributed by atoms with van der Waals surface area (Å²) < 4.78 is 14.2. The zero-order valence-electron chi connectivity index (χ0n) is 17.5. The van der Waals surface area contributed by atoms with Gasteiger partial charge in [0.05, 0.1) is 36.7 Å². The van der Waals surface area contributed by atoms with E-state index in [1.807, 2.05) is 18.2 Å². The zero-order chi connectivity index (χ0) is 21.4. The van der Waals surface area contributed by atoms with Gasteiger partial charge in [-0.2, -0.15) is 5.10 Å². The van der Waals surface area contributed by atoms with Crippen molar-refractivity contribution in [3.8, 4) is 5.88 Å². The predicted molar refractivity (Wildman–Crippen MR) is 113 cm³/mol. The molecular weight excluding hydrogens is 398 g/mol. The lowest BCUT2D eigenvalue weighted by atomic mass is 10.1. The van der Waals surface area contributed by atoms with Gasteiger partial charge in [-0.15, -0.1) is 0 Å². The summed E-state index contributed by atoms with van der Waals surface area (Å²) in [5.41, 5.74) is 0.902. The van der Waals surface area contributed by atoms with Crippen molar-refractivity contribution in [2.24, 2.45) is 0 Å². The van der Waals surface area contributed by atoms with E-state index in [9.17, 15) is 9.59 Å². The van der Waals surface area contributed by atoms with E-state index in [0.29, 0.717) is 54.6 Å². The highest BCUT2D eigenvalue weighted by molar-refractivity contribution is 5.93. The minimum absolute atomic E-state index is 0.109. The average Bonchev–Trinajstić information content (AvgIpc) is 3.45. The molecule has 0 spiro atoms. The van der Waals surface area contributed by atoms with Crippen LogP contribution in [-0.2, 0) is 17.8 Å². The van der Waals surface area contributed by atoms with Crippen LogP contribution >= 0.6 is 0 Å². The van der Waals surface area contributed by atoms with Crippen LogP contribution in [0.2, 0.25) is 0 Å². The maximum atomic E-state index is 13.4. The van der Waals surface area contributed by atoms with Gasteiger partial charge in [0.2, 0.25) is 5.88 Å². The van der Waals surface area contributed by atoms with E-state index < -0.39 is 0 Å². The van der Waals surface area contributed by atoms with Gasteiger partial charge in [0.1, 0.15) is 5.82 Å². The third kappa shape index (κ3) is 3.48.